The van der Waals surface area contributed by atoms with Crippen molar-refractivity contribution in [3.05, 3.63) is 29.8 Å². The van der Waals surface area contributed by atoms with Crippen LogP contribution >= 0.6 is 0 Å². The zero-order chi connectivity index (χ0) is 14.6. The van der Waals surface area contributed by atoms with E-state index in [9.17, 15) is 14.7 Å². The van der Waals surface area contributed by atoms with Crippen molar-refractivity contribution in [1.82, 2.24) is 5.32 Å². The number of carboxylic acids is 1. The number of carboxylic acid groups (broad SMARTS) is 1. The van der Waals surface area contributed by atoms with Crippen LogP contribution in [0.1, 0.15) is 42.5 Å². The molecule has 20 heavy (non-hydrogen) atoms. The molecule has 1 aliphatic carbocycles. The highest BCUT2D eigenvalue weighted by molar-refractivity contribution is 6.00. The van der Waals surface area contributed by atoms with Crippen molar-refractivity contribution in [1.29, 1.82) is 0 Å². The average Bonchev–Trinajstić information content (AvgIpc) is 2.48. The molecule has 0 spiro atoms. The van der Waals surface area contributed by atoms with Gasteiger partial charge in [0, 0.05) is 0 Å². The van der Waals surface area contributed by atoms with E-state index >= 15 is 0 Å². The predicted molar refractivity (Wildman–Crippen MR) is 73.9 cm³/mol. The molecule has 0 saturated heterocycles. The van der Waals surface area contributed by atoms with E-state index in [-0.39, 0.29) is 0 Å². The van der Waals surface area contributed by atoms with Crippen LogP contribution in [0.4, 0.5) is 0 Å². The highest BCUT2D eigenvalue weighted by atomic mass is 16.5. The standard InChI is InChI=1S/C15H19NO4/c1-20-12-8-4-3-7-11(12)13(17)16-15(14(18)19)9-5-2-6-10-15/h3-4,7-8H,2,5-6,9-10H2,1H3,(H,16,17)(H,18,19). The van der Waals surface area contributed by atoms with Gasteiger partial charge in [-0.1, -0.05) is 31.4 Å². The summed E-state index contributed by atoms with van der Waals surface area (Å²) in [6.45, 7) is 0. The molecule has 1 fully saturated rings. The molecule has 1 saturated carbocycles. The van der Waals surface area contributed by atoms with E-state index < -0.39 is 17.4 Å². The van der Waals surface area contributed by atoms with Crippen LogP contribution in [-0.4, -0.2) is 29.6 Å². The number of ether oxygens (including phenoxy) is 1. The van der Waals surface area contributed by atoms with E-state index in [0.29, 0.717) is 24.2 Å². The summed E-state index contributed by atoms with van der Waals surface area (Å²) in [7, 11) is 1.49. The minimum atomic E-state index is -1.14. The first-order valence-electron chi connectivity index (χ1n) is 6.78. The number of benzene rings is 1. The molecule has 1 aromatic carbocycles. The van der Waals surface area contributed by atoms with Crippen LogP contribution in [0.3, 0.4) is 0 Å². The Morgan fingerprint density at radius 1 is 1.20 bits per heavy atom. The summed E-state index contributed by atoms with van der Waals surface area (Å²) < 4.78 is 5.14. The maximum atomic E-state index is 12.3. The summed E-state index contributed by atoms with van der Waals surface area (Å²) in [6, 6.07) is 6.81. The normalized spacial score (nSPS) is 17.2. The van der Waals surface area contributed by atoms with Crippen molar-refractivity contribution in [3.8, 4) is 5.75 Å². The highest BCUT2D eigenvalue weighted by Gasteiger charge is 2.41. The van der Waals surface area contributed by atoms with Crippen LogP contribution in [0.2, 0.25) is 0 Å². The van der Waals surface area contributed by atoms with Gasteiger partial charge in [-0.05, 0) is 25.0 Å². The smallest absolute Gasteiger partial charge is 0.329 e. The van der Waals surface area contributed by atoms with Gasteiger partial charge in [0.05, 0.1) is 12.7 Å². The van der Waals surface area contributed by atoms with E-state index in [1.165, 1.54) is 7.11 Å². The van der Waals surface area contributed by atoms with Gasteiger partial charge < -0.3 is 15.2 Å². The number of carbonyl (C=O) groups excluding carboxylic acids is 1. The molecule has 2 N–H and O–H groups in total. The Morgan fingerprint density at radius 3 is 2.45 bits per heavy atom. The van der Waals surface area contributed by atoms with Gasteiger partial charge >= 0.3 is 5.97 Å². The van der Waals surface area contributed by atoms with Crippen molar-refractivity contribution in [3.63, 3.8) is 0 Å². The Kier molecular flexibility index (Phi) is 4.27. The highest BCUT2D eigenvalue weighted by Crippen LogP contribution is 2.29. The van der Waals surface area contributed by atoms with E-state index in [1.54, 1.807) is 24.3 Å². The lowest BCUT2D eigenvalue weighted by Gasteiger charge is -2.34. The van der Waals surface area contributed by atoms with Crippen LogP contribution in [0, 0.1) is 0 Å². The van der Waals surface area contributed by atoms with Gasteiger partial charge in [-0.3, -0.25) is 4.79 Å². The minimum Gasteiger partial charge on any atom is -0.496 e. The number of aliphatic carboxylic acids is 1. The SMILES string of the molecule is COc1ccccc1C(=O)NC1(C(=O)O)CCCCC1. The largest absolute Gasteiger partial charge is 0.496 e. The summed E-state index contributed by atoms with van der Waals surface area (Å²) in [5, 5.41) is 12.2. The molecule has 108 valence electrons. The first-order valence-corrected chi connectivity index (χ1v) is 6.78. The molecule has 0 aromatic heterocycles. The topological polar surface area (TPSA) is 75.6 Å². The molecule has 5 heteroatoms. The van der Waals surface area contributed by atoms with Gasteiger partial charge in [-0.25, -0.2) is 4.79 Å². The van der Waals surface area contributed by atoms with Crippen molar-refractivity contribution in [2.45, 2.75) is 37.6 Å². The third-order valence-corrected chi connectivity index (χ3v) is 3.82. The van der Waals surface area contributed by atoms with Crippen molar-refractivity contribution < 1.29 is 19.4 Å². The summed E-state index contributed by atoms with van der Waals surface area (Å²) in [5.41, 5.74) is -0.780. The lowest BCUT2D eigenvalue weighted by Crippen LogP contribution is -2.55. The van der Waals surface area contributed by atoms with Gasteiger partial charge in [0.2, 0.25) is 0 Å². The molecule has 0 bridgehead atoms. The number of carbonyl (C=O) groups is 2. The van der Waals surface area contributed by atoms with Gasteiger partial charge in [-0.15, -0.1) is 0 Å². The number of para-hydroxylation sites is 1. The third-order valence-electron chi connectivity index (χ3n) is 3.82. The summed E-state index contributed by atoms with van der Waals surface area (Å²) in [5.74, 6) is -0.909. The molecule has 0 unspecified atom stereocenters. The van der Waals surface area contributed by atoms with Crippen LogP contribution in [0.25, 0.3) is 0 Å². The van der Waals surface area contributed by atoms with Gasteiger partial charge in [0.1, 0.15) is 11.3 Å². The number of hydrogen-bond acceptors (Lipinski definition) is 3. The molecule has 1 aromatic rings. The first-order chi connectivity index (χ1) is 9.59. The minimum absolute atomic E-state index is 0.362. The second-order valence-electron chi connectivity index (χ2n) is 5.10. The molecular formula is C15H19NO4. The van der Waals surface area contributed by atoms with Gasteiger partial charge in [-0.2, -0.15) is 0 Å². The lowest BCUT2D eigenvalue weighted by molar-refractivity contribution is -0.145. The third kappa shape index (κ3) is 2.76. The monoisotopic (exact) mass is 277 g/mol. The van der Waals surface area contributed by atoms with Crippen molar-refractivity contribution >= 4 is 11.9 Å². The molecule has 1 aliphatic rings. The van der Waals surface area contributed by atoms with Crippen LogP contribution in [0.15, 0.2) is 24.3 Å². The number of amides is 1. The Labute approximate surface area is 117 Å². The van der Waals surface area contributed by atoms with Crippen molar-refractivity contribution in [2.24, 2.45) is 0 Å². The molecule has 0 radical (unpaired) electrons. The molecule has 0 heterocycles. The molecular weight excluding hydrogens is 258 g/mol. The summed E-state index contributed by atoms with van der Waals surface area (Å²) in [6.07, 6.45) is 3.60. The molecule has 2 rings (SSSR count). The Morgan fingerprint density at radius 2 is 1.85 bits per heavy atom. The quantitative estimate of drug-likeness (QED) is 0.884. The second-order valence-corrected chi connectivity index (χ2v) is 5.10. The maximum absolute atomic E-state index is 12.3. The summed E-state index contributed by atoms with van der Waals surface area (Å²) in [4.78, 5) is 23.9. The van der Waals surface area contributed by atoms with Gasteiger partial charge in [0.15, 0.2) is 0 Å². The second kappa shape index (κ2) is 5.94. The van der Waals surface area contributed by atoms with Crippen LogP contribution in [-0.2, 0) is 4.79 Å². The Bertz CT molecular complexity index is 506. The fraction of sp³-hybridized carbons (Fsp3) is 0.467. The fourth-order valence-electron chi connectivity index (χ4n) is 2.66. The van der Waals surface area contributed by atoms with Crippen LogP contribution in [0.5, 0.6) is 5.75 Å². The molecule has 1 amide bonds. The van der Waals surface area contributed by atoms with E-state index in [0.717, 1.165) is 19.3 Å². The average molecular weight is 277 g/mol. The Balaban J connectivity index is 2.22. The number of hydrogen-bond donors (Lipinski definition) is 2. The van der Waals surface area contributed by atoms with Crippen molar-refractivity contribution in [2.75, 3.05) is 7.11 Å². The molecule has 0 aliphatic heterocycles. The first kappa shape index (κ1) is 14.4. The maximum Gasteiger partial charge on any atom is 0.329 e. The number of nitrogens with one attached hydrogen (secondary N) is 1. The van der Waals surface area contributed by atoms with E-state index in [4.69, 9.17) is 4.74 Å². The fourth-order valence-corrected chi connectivity index (χ4v) is 2.66. The lowest BCUT2D eigenvalue weighted by atomic mass is 9.81. The zero-order valence-corrected chi connectivity index (χ0v) is 11.5. The van der Waals surface area contributed by atoms with E-state index in [2.05, 4.69) is 5.32 Å². The van der Waals surface area contributed by atoms with Gasteiger partial charge in [0.25, 0.3) is 5.91 Å². The van der Waals surface area contributed by atoms with E-state index in [1.807, 2.05) is 0 Å². The zero-order valence-electron chi connectivity index (χ0n) is 11.5. The number of methoxy groups -OCH3 is 1. The summed E-state index contributed by atoms with van der Waals surface area (Å²) >= 11 is 0. The molecule has 0 atom stereocenters. The van der Waals surface area contributed by atoms with Crippen LogP contribution < -0.4 is 10.1 Å². The Hall–Kier alpha value is -2.04. The number of rotatable bonds is 4. The molecule has 5 nitrogen and oxygen atoms in total. The predicted octanol–water partition coefficient (Wildman–Crippen LogP) is 2.21.